The lowest BCUT2D eigenvalue weighted by Gasteiger charge is -2.37. The van der Waals surface area contributed by atoms with Gasteiger partial charge in [-0.15, -0.1) is 0 Å². The standard InChI is InChI=1S/C37H37N5O6/c1-47-36(44)41-32(21-24-15-17-26(18-16-24)25-9-3-2-4-10-25)35(43)40-29-12-6-5-11-27(29)19-20-28-22-42(37(45)46)33(23-48-28)34-38-30-13-7-8-14-31(30)39-34/h2-18,28,32-33H,19-23H2,1H3,(H,38,39)(H,40,43)(H,41,44)(H,45,46)/t28-,32+,33+/m1/s1. The van der Waals surface area contributed by atoms with Crippen molar-refractivity contribution in [3.8, 4) is 11.1 Å². The lowest BCUT2D eigenvalue weighted by molar-refractivity contribution is -0.118. The van der Waals surface area contributed by atoms with Gasteiger partial charge >= 0.3 is 12.2 Å². The van der Waals surface area contributed by atoms with Crippen LogP contribution in [0.5, 0.6) is 0 Å². The van der Waals surface area contributed by atoms with Crippen LogP contribution in [0, 0.1) is 0 Å². The van der Waals surface area contributed by atoms with Crippen LogP contribution in [0.25, 0.3) is 22.2 Å². The molecule has 2 heterocycles. The largest absolute Gasteiger partial charge is 0.465 e. The number of carboxylic acid groups (broad SMARTS) is 1. The minimum absolute atomic E-state index is 0.169. The van der Waals surface area contributed by atoms with E-state index in [0.29, 0.717) is 24.4 Å². The van der Waals surface area contributed by atoms with Crippen molar-refractivity contribution in [2.45, 2.75) is 37.5 Å². The maximum Gasteiger partial charge on any atom is 0.408 e. The number of nitrogens with zero attached hydrogens (tertiary/aromatic N) is 2. The third kappa shape index (κ3) is 7.64. The number of imidazole rings is 1. The Morgan fingerprint density at radius 2 is 1.67 bits per heavy atom. The Kier molecular flexibility index (Phi) is 9.96. The van der Waals surface area contributed by atoms with Gasteiger partial charge < -0.3 is 30.2 Å². The fourth-order valence-electron chi connectivity index (χ4n) is 5.97. The summed E-state index contributed by atoms with van der Waals surface area (Å²) in [5.74, 6) is 0.159. The second-order valence-electron chi connectivity index (χ2n) is 11.7. The first-order valence-electron chi connectivity index (χ1n) is 15.8. The zero-order valence-corrected chi connectivity index (χ0v) is 26.5. The lowest BCUT2D eigenvalue weighted by atomic mass is 10.00. The van der Waals surface area contributed by atoms with Gasteiger partial charge in [0.15, 0.2) is 0 Å². The van der Waals surface area contributed by atoms with E-state index in [1.807, 2.05) is 97.1 Å². The summed E-state index contributed by atoms with van der Waals surface area (Å²) in [5, 5.41) is 15.7. The predicted octanol–water partition coefficient (Wildman–Crippen LogP) is 6.19. The summed E-state index contributed by atoms with van der Waals surface area (Å²) in [7, 11) is 1.26. The number of amides is 3. The molecule has 1 aromatic heterocycles. The molecule has 1 fully saturated rings. The number of alkyl carbamates (subject to hydrolysis) is 1. The number of para-hydroxylation sites is 3. The molecule has 0 unspecified atom stereocenters. The molecule has 5 aromatic rings. The van der Waals surface area contributed by atoms with Gasteiger partial charge in [-0.25, -0.2) is 14.6 Å². The number of aromatic amines is 1. The molecule has 1 aliphatic rings. The van der Waals surface area contributed by atoms with E-state index >= 15 is 0 Å². The van der Waals surface area contributed by atoms with E-state index in [-0.39, 0.29) is 31.6 Å². The van der Waals surface area contributed by atoms with Gasteiger partial charge in [0.05, 0.1) is 37.4 Å². The highest BCUT2D eigenvalue weighted by Crippen LogP contribution is 2.29. The summed E-state index contributed by atoms with van der Waals surface area (Å²) in [6.07, 6.45) is -0.784. The Bertz CT molecular complexity index is 1840. The number of methoxy groups -OCH3 is 1. The zero-order valence-electron chi connectivity index (χ0n) is 26.5. The van der Waals surface area contributed by atoms with Gasteiger partial charge in [-0.05, 0) is 53.3 Å². The molecule has 6 rings (SSSR count). The summed E-state index contributed by atoms with van der Waals surface area (Å²) in [4.78, 5) is 47.2. The summed E-state index contributed by atoms with van der Waals surface area (Å²) in [5.41, 5.74) is 6.08. The molecule has 0 saturated carbocycles. The van der Waals surface area contributed by atoms with Gasteiger partial charge in [0.2, 0.25) is 5.91 Å². The average molecular weight is 648 g/mol. The number of carbonyl (C=O) groups is 3. The van der Waals surface area contributed by atoms with Crippen molar-refractivity contribution < 1.29 is 29.0 Å². The first-order valence-corrected chi connectivity index (χ1v) is 15.8. The van der Waals surface area contributed by atoms with E-state index in [2.05, 4.69) is 20.6 Å². The van der Waals surface area contributed by atoms with E-state index in [9.17, 15) is 19.5 Å². The van der Waals surface area contributed by atoms with E-state index in [1.54, 1.807) is 6.07 Å². The molecule has 0 aliphatic carbocycles. The number of anilines is 1. The van der Waals surface area contributed by atoms with Crippen LogP contribution in [0.1, 0.15) is 29.4 Å². The van der Waals surface area contributed by atoms with Gasteiger partial charge in [0.25, 0.3) is 0 Å². The number of rotatable bonds is 10. The molecule has 0 bridgehead atoms. The third-order valence-corrected chi connectivity index (χ3v) is 8.54. The second-order valence-corrected chi connectivity index (χ2v) is 11.7. The molecular weight excluding hydrogens is 610 g/mol. The van der Waals surface area contributed by atoms with Crippen molar-refractivity contribution in [3.63, 3.8) is 0 Å². The third-order valence-electron chi connectivity index (χ3n) is 8.54. The Morgan fingerprint density at radius 1 is 0.958 bits per heavy atom. The van der Waals surface area contributed by atoms with Gasteiger partial charge in [0, 0.05) is 12.1 Å². The molecule has 1 aliphatic heterocycles. The highest BCUT2D eigenvalue weighted by molar-refractivity contribution is 5.97. The molecule has 0 radical (unpaired) electrons. The topological polar surface area (TPSA) is 146 Å². The summed E-state index contributed by atoms with van der Waals surface area (Å²) < 4.78 is 11.0. The molecule has 246 valence electrons. The van der Waals surface area contributed by atoms with E-state index in [1.165, 1.54) is 12.0 Å². The number of fused-ring (bicyclic) bond motifs is 1. The molecule has 0 spiro atoms. The van der Waals surface area contributed by atoms with Crippen LogP contribution in [0.15, 0.2) is 103 Å². The number of aryl methyl sites for hydroxylation is 1. The minimum Gasteiger partial charge on any atom is -0.465 e. The number of morpholine rings is 1. The fraction of sp³-hybridized carbons (Fsp3) is 0.243. The summed E-state index contributed by atoms with van der Waals surface area (Å²) in [6, 6.07) is 31.4. The van der Waals surface area contributed by atoms with Crippen LogP contribution in [0.4, 0.5) is 15.3 Å². The van der Waals surface area contributed by atoms with Gasteiger partial charge in [-0.2, -0.15) is 0 Å². The Labute approximate surface area is 277 Å². The first-order chi connectivity index (χ1) is 23.4. The second kappa shape index (κ2) is 14.8. The Morgan fingerprint density at radius 3 is 2.42 bits per heavy atom. The van der Waals surface area contributed by atoms with Crippen LogP contribution in [0.2, 0.25) is 0 Å². The lowest BCUT2D eigenvalue weighted by Crippen LogP contribution is -2.47. The maximum absolute atomic E-state index is 13.6. The molecular formula is C37H37N5O6. The first kappa shape index (κ1) is 32.3. The fourth-order valence-corrected chi connectivity index (χ4v) is 5.97. The highest BCUT2D eigenvalue weighted by Gasteiger charge is 2.35. The summed E-state index contributed by atoms with van der Waals surface area (Å²) in [6.45, 7) is 0.349. The number of nitrogens with one attached hydrogen (secondary N) is 3. The number of hydrogen-bond donors (Lipinski definition) is 4. The molecule has 4 N–H and O–H groups in total. The van der Waals surface area contributed by atoms with Crippen molar-refractivity contribution in [1.29, 1.82) is 0 Å². The van der Waals surface area contributed by atoms with E-state index in [0.717, 1.165) is 33.3 Å². The number of carbonyl (C=O) groups excluding carboxylic acids is 2. The average Bonchev–Trinajstić information content (AvgIpc) is 3.56. The Balaban J connectivity index is 1.10. The molecule has 3 amide bonds. The molecule has 11 nitrogen and oxygen atoms in total. The molecule has 4 aromatic carbocycles. The summed E-state index contributed by atoms with van der Waals surface area (Å²) >= 11 is 0. The number of H-pyrrole nitrogens is 1. The number of ether oxygens (including phenoxy) is 2. The molecule has 11 heteroatoms. The monoisotopic (exact) mass is 647 g/mol. The molecule has 3 atom stereocenters. The SMILES string of the molecule is COC(=O)N[C@@H](Cc1ccc(-c2ccccc2)cc1)C(=O)Nc1ccccc1CC[C@@H]1CN(C(=O)O)[C@H](c2nc3ccccc3[nH]2)CO1. The maximum atomic E-state index is 13.6. The normalized spacial score (nSPS) is 16.6. The van der Waals surface area contributed by atoms with Gasteiger partial charge in [-0.1, -0.05) is 84.9 Å². The van der Waals surface area contributed by atoms with Crippen molar-refractivity contribution in [2.75, 3.05) is 25.6 Å². The number of aromatic nitrogens is 2. The number of benzene rings is 4. The van der Waals surface area contributed by atoms with Crippen LogP contribution in [-0.2, 0) is 27.1 Å². The molecule has 1 saturated heterocycles. The van der Waals surface area contributed by atoms with Crippen LogP contribution < -0.4 is 10.6 Å². The van der Waals surface area contributed by atoms with Crippen LogP contribution >= 0.6 is 0 Å². The number of hydrogen-bond acceptors (Lipinski definition) is 6. The van der Waals surface area contributed by atoms with Crippen molar-refractivity contribution >= 4 is 34.8 Å². The smallest absolute Gasteiger partial charge is 0.408 e. The minimum atomic E-state index is -1.04. The van der Waals surface area contributed by atoms with Crippen LogP contribution in [-0.4, -0.2) is 70.5 Å². The Hall–Kier alpha value is -5.68. The zero-order chi connectivity index (χ0) is 33.5. The van der Waals surface area contributed by atoms with Crippen molar-refractivity contribution in [2.24, 2.45) is 0 Å². The van der Waals surface area contributed by atoms with Crippen LogP contribution in [0.3, 0.4) is 0 Å². The predicted molar refractivity (Wildman–Crippen MR) is 182 cm³/mol. The van der Waals surface area contributed by atoms with E-state index in [4.69, 9.17) is 9.47 Å². The quantitative estimate of drug-likeness (QED) is 0.141. The van der Waals surface area contributed by atoms with Crippen molar-refractivity contribution in [3.05, 3.63) is 120 Å². The highest BCUT2D eigenvalue weighted by atomic mass is 16.5. The van der Waals surface area contributed by atoms with E-state index < -0.39 is 24.3 Å². The van der Waals surface area contributed by atoms with Crippen molar-refractivity contribution in [1.82, 2.24) is 20.2 Å². The van der Waals surface area contributed by atoms with Gasteiger partial charge in [0.1, 0.15) is 17.9 Å². The van der Waals surface area contributed by atoms with Gasteiger partial charge in [-0.3, -0.25) is 9.69 Å². The molecule has 48 heavy (non-hydrogen) atoms.